The minimum Gasteiger partial charge on any atom is -0.456 e. The first-order valence-electron chi connectivity index (χ1n) is 17.4. The Morgan fingerprint density at radius 2 is 1.10 bits per heavy atom. The van der Waals surface area contributed by atoms with Gasteiger partial charge < -0.3 is 4.42 Å². The third-order valence-electron chi connectivity index (χ3n) is 10.0. The van der Waals surface area contributed by atoms with Gasteiger partial charge in [0.15, 0.2) is 17.5 Å². The average Bonchev–Trinajstić information content (AvgIpc) is 3.59. The molecule has 2 atom stereocenters. The number of rotatable bonds is 5. The lowest BCUT2D eigenvalue weighted by molar-refractivity contribution is 0.662. The molecule has 8 aromatic rings. The third-order valence-corrected chi connectivity index (χ3v) is 10.0. The van der Waals surface area contributed by atoms with E-state index in [1.807, 2.05) is 48.5 Å². The van der Waals surface area contributed by atoms with Crippen molar-refractivity contribution in [3.8, 4) is 45.3 Å². The van der Waals surface area contributed by atoms with Gasteiger partial charge in [0.2, 0.25) is 0 Å². The van der Waals surface area contributed by atoms with Gasteiger partial charge in [-0.25, -0.2) is 15.0 Å². The van der Waals surface area contributed by atoms with Crippen LogP contribution < -0.4 is 0 Å². The predicted molar refractivity (Wildman–Crippen MR) is 209 cm³/mol. The highest BCUT2D eigenvalue weighted by Gasteiger charge is 2.23. The van der Waals surface area contributed by atoms with Gasteiger partial charge in [-0.3, -0.25) is 0 Å². The first-order chi connectivity index (χ1) is 25.2. The molecule has 0 bridgehead atoms. The van der Waals surface area contributed by atoms with Crippen LogP contribution in [0.5, 0.6) is 0 Å². The SMILES string of the molecule is C1=CC2C=CC(c3cc(-c4nc(-c5ccccc5)nc(-c5ccc6cc(-c7ccccc7)ccc6c5)n4)c4c(c3)oc3ccccc34)=CC2C=C1. The van der Waals surface area contributed by atoms with E-state index >= 15 is 0 Å². The van der Waals surface area contributed by atoms with Gasteiger partial charge in [-0.15, -0.1) is 0 Å². The molecule has 2 aliphatic rings. The summed E-state index contributed by atoms with van der Waals surface area (Å²) in [6.45, 7) is 0. The molecular formula is C47H31N3O. The van der Waals surface area contributed by atoms with E-state index < -0.39 is 0 Å². The molecular weight excluding hydrogens is 623 g/mol. The quantitative estimate of drug-likeness (QED) is 0.185. The third kappa shape index (κ3) is 5.29. The molecule has 240 valence electrons. The van der Waals surface area contributed by atoms with Crippen LogP contribution in [0.2, 0.25) is 0 Å². The number of benzene rings is 6. The Balaban J connectivity index is 1.17. The summed E-state index contributed by atoms with van der Waals surface area (Å²) in [6.07, 6.45) is 15.7. The van der Waals surface area contributed by atoms with Crippen LogP contribution in [0.1, 0.15) is 5.56 Å². The highest BCUT2D eigenvalue weighted by atomic mass is 16.3. The second-order valence-corrected chi connectivity index (χ2v) is 13.2. The highest BCUT2D eigenvalue weighted by Crippen LogP contribution is 2.41. The van der Waals surface area contributed by atoms with E-state index in [9.17, 15) is 0 Å². The maximum Gasteiger partial charge on any atom is 0.164 e. The Hall–Kier alpha value is -6.65. The fourth-order valence-corrected chi connectivity index (χ4v) is 7.40. The lowest BCUT2D eigenvalue weighted by atomic mass is 9.81. The number of hydrogen-bond donors (Lipinski definition) is 0. The number of hydrogen-bond acceptors (Lipinski definition) is 4. The molecule has 0 aliphatic heterocycles. The van der Waals surface area contributed by atoms with Crippen LogP contribution in [0.15, 0.2) is 180 Å². The van der Waals surface area contributed by atoms with Gasteiger partial charge in [0, 0.05) is 39.3 Å². The van der Waals surface area contributed by atoms with Gasteiger partial charge in [-0.1, -0.05) is 146 Å². The topological polar surface area (TPSA) is 51.8 Å². The van der Waals surface area contributed by atoms with E-state index in [4.69, 9.17) is 19.4 Å². The minimum atomic E-state index is 0.315. The molecule has 0 saturated heterocycles. The maximum atomic E-state index is 6.52. The summed E-state index contributed by atoms with van der Waals surface area (Å²) in [5.41, 5.74) is 9.03. The molecule has 2 unspecified atom stereocenters. The summed E-state index contributed by atoms with van der Waals surface area (Å²) in [5, 5.41) is 4.32. The zero-order valence-electron chi connectivity index (χ0n) is 27.6. The van der Waals surface area contributed by atoms with E-state index in [-0.39, 0.29) is 0 Å². The number of fused-ring (bicyclic) bond motifs is 5. The molecule has 0 radical (unpaired) electrons. The van der Waals surface area contributed by atoms with Gasteiger partial charge in [0.25, 0.3) is 0 Å². The summed E-state index contributed by atoms with van der Waals surface area (Å²) in [4.78, 5) is 15.5. The fourth-order valence-electron chi connectivity index (χ4n) is 7.40. The molecule has 0 N–H and O–H groups in total. The van der Waals surface area contributed by atoms with Crippen LogP contribution in [-0.2, 0) is 0 Å². The number of allylic oxidation sites excluding steroid dienone is 8. The Kier molecular flexibility index (Phi) is 6.91. The standard InChI is InChI=1S/C47H31N3O/c1-3-11-30(12-4-1)34-21-22-36-27-38(24-23-35(36)26-34)46-48-45(32-14-5-2-6-15-32)49-47(50-46)41-28-39(37-20-19-31-13-7-8-16-33(31)25-37)29-43-44(41)40-17-9-10-18-42(40)51-43/h1-29,31,33H. The van der Waals surface area contributed by atoms with Crippen LogP contribution in [0.25, 0.3) is 83.6 Å². The van der Waals surface area contributed by atoms with Gasteiger partial charge in [0.1, 0.15) is 11.2 Å². The molecule has 0 fully saturated rings. The molecule has 2 aromatic heterocycles. The number of aromatic nitrogens is 3. The Morgan fingerprint density at radius 1 is 0.451 bits per heavy atom. The average molecular weight is 654 g/mol. The van der Waals surface area contributed by atoms with Crippen molar-refractivity contribution in [1.82, 2.24) is 15.0 Å². The number of para-hydroxylation sites is 1. The van der Waals surface area contributed by atoms with Crippen LogP contribution in [0, 0.1) is 11.8 Å². The molecule has 4 nitrogen and oxygen atoms in total. The largest absolute Gasteiger partial charge is 0.456 e. The Morgan fingerprint density at radius 3 is 1.90 bits per heavy atom. The van der Waals surface area contributed by atoms with Crippen LogP contribution in [0.4, 0.5) is 0 Å². The summed E-state index contributed by atoms with van der Waals surface area (Å²) in [6, 6.07) is 46.3. The molecule has 2 aliphatic carbocycles. The van der Waals surface area contributed by atoms with Crippen LogP contribution >= 0.6 is 0 Å². The van der Waals surface area contributed by atoms with E-state index in [1.165, 1.54) is 11.1 Å². The normalized spacial score (nSPS) is 16.5. The summed E-state index contributed by atoms with van der Waals surface area (Å²) >= 11 is 0. The number of furan rings is 1. The van der Waals surface area contributed by atoms with E-state index in [1.54, 1.807) is 0 Å². The molecule has 0 amide bonds. The molecule has 0 saturated carbocycles. The van der Waals surface area contributed by atoms with Gasteiger partial charge in [-0.2, -0.15) is 0 Å². The number of nitrogens with zero attached hydrogens (tertiary/aromatic N) is 3. The van der Waals surface area contributed by atoms with Gasteiger partial charge in [0.05, 0.1) is 0 Å². The zero-order chi connectivity index (χ0) is 33.7. The minimum absolute atomic E-state index is 0.315. The van der Waals surface area contributed by atoms with Crippen molar-refractivity contribution >= 4 is 38.3 Å². The van der Waals surface area contributed by atoms with Crippen molar-refractivity contribution in [3.63, 3.8) is 0 Å². The highest BCUT2D eigenvalue weighted by molar-refractivity contribution is 6.13. The fraction of sp³-hybridized carbons (Fsp3) is 0.0426. The van der Waals surface area contributed by atoms with Crippen molar-refractivity contribution in [2.24, 2.45) is 11.8 Å². The summed E-state index contributed by atoms with van der Waals surface area (Å²) < 4.78 is 6.52. The van der Waals surface area contributed by atoms with Crippen LogP contribution in [0.3, 0.4) is 0 Å². The predicted octanol–water partition coefficient (Wildman–Crippen LogP) is 11.9. The Bertz CT molecular complexity index is 2750. The second kappa shape index (κ2) is 12.0. The lowest BCUT2D eigenvalue weighted by Gasteiger charge is -2.23. The van der Waals surface area contributed by atoms with Crippen molar-refractivity contribution in [2.75, 3.05) is 0 Å². The molecule has 10 rings (SSSR count). The van der Waals surface area contributed by atoms with E-state index in [2.05, 4.69) is 127 Å². The molecule has 4 heteroatoms. The first-order valence-corrected chi connectivity index (χ1v) is 17.4. The summed E-state index contributed by atoms with van der Waals surface area (Å²) in [5.74, 6) is 2.54. The smallest absolute Gasteiger partial charge is 0.164 e. The molecule has 0 spiro atoms. The first kappa shape index (κ1) is 29.3. The van der Waals surface area contributed by atoms with Crippen molar-refractivity contribution in [3.05, 3.63) is 182 Å². The van der Waals surface area contributed by atoms with Crippen molar-refractivity contribution in [1.29, 1.82) is 0 Å². The van der Waals surface area contributed by atoms with Crippen molar-refractivity contribution in [2.45, 2.75) is 0 Å². The Labute approximate surface area is 295 Å². The van der Waals surface area contributed by atoms with E-state index in [0.29, 0.717) is 29.3 Å². The maximum absolute atomic E-state index is 6.52. The second-order valence-electron chi connectivity index (χ2n) is 13.2. The van der Waals surface area contributed by atoms with Gasteiger partial charge >= 0.3 is 0 Å². The molecule has 51 heavy (non-hydrogen) atoms. The molecule has 6 aromatic carbocycles. The zero-order valence-corrected chi connectivity index (χ0v) is 27.6. The molecule has 2 heterocycles. The van der Waals surface area contributed by atoms with Crippen molar-refractivity contribution < 1.29 is 4.42 Å². The monoisotopic (exact) mass is 653 g/mol. The van der Waals surface area contributed by atoms with Crippen LogP contribution in [-0.4, -0.2) is 15.0 Å². The lowest BCUT2D eigenvalue weighted by Crippen LogP contribution is -2.11. The summed E-state index contributed by atoms with van der Waals surface area (Å²) in [7, 11) is 0. The van der Waals surface area contributed by atoms with Gasteiger partial charge in [-0.05, 0) is 63.4 Å². The van der Waals surface area contributed by atoms with E-state index in [0.717, 1.165) is 60.5 Å².